The highest BCUT2D eigenvalue weighted by Gasteiger charge is 2.11. The van der Waals surface area contributed by atoms with Crippen molar-refractivity contribution in [2.45, 2.75) is 19.4 Å². The Hall–Kier alpha value is -1.03. The minimum Gasteiger partial charge on any atom is -0.328 e. The summed E-state index contributed by atoms with van der Waals surface area (Å²) < 4.78 is 2.24. The quantitative estimate of drug-likeness (QED) is 0.618. The van der Waals surface area contributed by atoms with Crippen LogP contribution in [0.1, 0.15) is 10.7 Å². The molecule has 2 nitrogen and oxygen atoms in total. The van der Waals surface area contributed by atoms with E-state index in [0.29, 0.717) is 5.88 Å². The van der Waals surface area contributed by atoms with Gasteiger partial charge >= 0.3 is 0 Å². The molecule has 104 valence electrons. The van der Waals surface area contributed by atoms with Crippen molar-refractivity contribution >= 4 is 45.6 Å². The lowest BCUT2D eigenvalue weighted by Crippen LogP contribution is -2.06. The van der Waals surface area contributed by atoms with Crippen LogP contribution in [0.3, 0.4) is 0 Å². The standard InChI is InChI=1S/C15H14Cl2N2S/c16-7-5-15-18-13-4-3-11(17)10-14(13)19(15)8-6-12-2-1-9-20-12/h1-4,9-10H,5-8H2. The number of alkyl halides is 1. The van der Waals surface area contributed by atoms with Crippen molar-refractivity contribution in [1.82, 2.24) is 9.55 Å². The van der Waals surface area contributed by atoms with E-state index in [1.54, 1.807) is 11.3 Å². The van der Waals surface area contributed by atoms with Crippen molar-refractivity contribution in [2.24, 2.45) is 0 Å². The molecule has 0 aliphatic heterocycles. The molecule has 2 heterocycles. The molecule has 0 amide bonds. The normalized spacial score (nSPS) is 11.3. The van der Waals surface area contributed by atoms with Crippen LogP contribution in [-0.4, -0.2) is 15.4 Å². The molecule has 0 N–H and O–H groups in total. The number of hydrogen-bond donors (Lipinski definition) is 0. The van der Waals surface area contributed by atoms with E-state index < -0.39 is 0 Å². The van der Waals surface area contributed by atoms with E-state index in [4.69, 9.17) is 23.2 Å². The Morgan fingerprint density at radius 3 is 2.85 bits per heavy atom. The van der Waals surface area contributed by atoms with Gasteiger partial charge in [-0.1, -0.05) is 17.7 Å². The summed E-state index contributed by atoms with van der Waals surface area (Å²) in [4.78, 5) is 6.05. The van der Waals surface area contributed by atoms with Gasteiger partial charge in [0.25, 0.3) is 0 Å². The predicted molar refractivity (Wildman–Crippen MR) is 87.2 cm³/mol. The van der Waals surface area contributed by atoms with Gasteiger partial charge in [-0.3, -0.25) is 0 Å². The Balaban J connectivity index is 1.96. The highest BCUT2D eigenvalue weighted by molar-refractivity contribution is 7.09. The van der Waals surface area contributed by atoms with Gasteiger partial charge in [-0.2, -0.15) is 0 Å². The molecule has 0 aliphatic carbocycles. The van der Waals surface area contributed by atoms with E-state index in [1.165, 1.54) is 4.88 Å². The van der Waals surface area contributed by atoms with E-state index >= 15 is 0 Å². The number of fused-ring (bicyclic) bond motifs is 1. The summed E-state index contributed by atoms with van der Waals surface area (Å²) in [6.45, 7) is 0.906. The lowest BCUT2D eigenvalue weighted by molar-refractivity contribution is 0.679. The Morgan fingerprint density at radius 2 is 2.10 bits per heavy atom. The van der Waals surface area contributed by atoms with Gasteiger partial charge in [0.05, 0.1) is 11.0 Å². The van der Waals surface area contributed by atoms with Crippen LogP contribution >= 0.6 is 34.5 Å². The Morgan fingerprint density at radius 1 is 1.20 bits per heavy atom. The summed E-state index contributed by atoms with van der Waals surface area (Å²) in [5, 5.41) is 2.85. The summed E-state index contributed by atoms with van der Waals surface area (Å²) >= 11 is 13.8. The van der Waals surface area contributed by atoms with Crippen molar-refractivity contribution in [3.8, 4) is 0 Å². The van der Waals surface area contributed by atoms with Crippen LogP contribution in [0.2, 0.25) is 5.02 Å². The Bertz CT molecular complexity index is 704. The van der Waals surface area contributed by atoms with Crippen molar-refractivity contribution in [2.75, 3.05) is 5.88 Å². The SMILES string of the molecule is ClCCc1nc2ccc(Cl)cc2n1CCc1cccs1. The van der Waals surface area contributed by atoms with Crippen LogP contribution in [0, 0.1) is 0 Å². The molecule has 0 atom stereocenters. The number of hydrogen-bond acceptors (Lipinski definition) is 2. The van der Waals surface area contributed by atoms with E-state index in [9.17, 15) is 0 Å². The molecular weight excluding hydrogens is 311 g/mol. The second kappa shape index (κ2) is 6.17. The molecule has 0 saturated carbocycles. The molecule has 3 rings (SSSR count). The third kappa shape index (κ3) is 2.85. The summed E-state index contributed by atoms with van der Waals surface area (Å²) in [6, 6.07) is 10.1. The molecule has 0 saturated heterocycles. The summed E-state index contributed by atoms with van der Waals surface area (Å²) in [5.41, 5.74) is 2.08. The highest BCUT2D eigenvalue weighted by Crippen LogP contribution is 2.22. The summed E-state index contributed by atoms with van der Waals surface area (Å²) in [5.74, 6) is 1.62. The zero-order chi connectivity index (χ0) is 13.9. The van der Waals surface area contributed by atoms with Crippen LogP contribution in [0.15, 0.2) is 35.7 Å². The van der Waals surface area contributed by atoms with Crippen molar-refractivity contribution < 1.29 is 0 Å². The molecule has 0 bridgehead atoms. The largest absolute Gasteiger partial charge is 0.328 e. The summed E-state index contributed by atoms with van der Waals surface area (Å²) in [6.07, 6.45) is 1.78. The topological polar surface area (TPSA) is 17.8 Å². The van der Waals surface area contributed by atoms with E-state index in [2.05, 4.69) is 27.1 Å². The Labute approximate surface area is 132 Å². The van der Waals surface area contributed by atoms with Crippen molar-refractivity contribution in [3.63, 3.8) is 0 Å². The van der Waals surface area contributed by atoms with E-state index in [0.717, 1.165) is 41.3 Å². The molecule has 0 unspecified atom stereocenters. The summed E-state index contributed by atoms with van der Waals surface area (Å²) in [7, 11) is 0. The molecule has 0 aliphatic rings. The molecular formula is C15H14Cl2N2S. The number of nitrogens with zero attached hydrogens (tertiary/aromatic N) is 2. The van der Waals surface area contributed by atoms with Gasteiger partial charge in [-0.05, 0) is 36.1 Å². The van der Waals surface area contributed by atoms with Gasteiger partial charge in [0.1, 0.15) is 5.82 Å². The fourth-order valence-corrected chi connectivity index (χ4v) is 3.38. The fourth-order valence-electron chi connectivity index (χ4n) is 2.35. The van der Waals surface area contributed by atoms with Gasteiger partial charge in [-0.25, -0.2) is 4.98 Å². The molecule has 2 aromatic heterocycles. The molecule has 1 aromatic carbocycles. The van der Waals surface area contributed by atoms with Gasteiger partial charge in [0.15, 0.2) is 0 Å². The second-order valence-electron chi connectivity index (χ2n) is 4.58. The zero-order valence-electron chi connectivity index (χ0n) is 10.9. The van der Waals surface area contributed by atoms with E-state index in [-0.39, 0.29) is 0 Å². The Kier molecular flexibility index (Phi) is 4.29. The van der Waals surface area contributed by atoms with Gasteiger partial charge in [0.2, 0.25) is 0 Å². The maximum Gasteiger partial charge on any atom is 0.111 e. The third-order valence-corrected chi connectivity index (χ3v) is 4.63. The first kappa shape index (κ1) is 13.9. The monoisotopic (exact) mass is 324 g/mol. The molecule has 0 spiro atoms. The number of benzene rings is 1. The predicted octanol–water partition coefficient (Wildman–Crippen LogP) is 4.78. The molecule has 0 radical (unpaired) electrons. The lowest BCUT2D eigenvalue weighted by Gasteiger charge is -2.07. The third-order valence-electron chi connectivity index (χ3n) is 3.27. The average molecular weight is 325 g/mol. The first-order valence-corrected chi connectivity index (χ1v) is 8.30. The number of halogens is 2. The highest BCUT2D eigenvalue weighted by atomic mass is 35.5. The number of aromatic nitrogens is 2. The first-order chi connectivity index (χ1) is 9.78. The number of aryl methyl sites for hydroxylation is 3. The van der Waals surface area contributed by atoms with Crippen LogP contribution < -0.4 is 0 Å². The zero-order valence-corrected chi connectivity index (χ0v) is 13.2. The van der Waals surface area contributed by atoms with Crippen LogP contribution in [-0.2, 0) is 19.4 Å². The maximum atomic E-state index is 6.11. The smallest absolute Gasteiger partial charge is 0.111 e. The number of imidazole rings is 1. The van der Waals surface area contributed by atoms with Gasteiger partial charge in [0, 0.05) is 28.7 Å². The average Bonchev–Trinajstić information content (AvgIpc) is 3.04. The van der Waals surface area contributed by atoms with E-state index in [1.807, 2.05) is 18.2 Å². The molecule has 3 aromatic rings. The van der Waals surface area contributed by atoms with Crippen molar-refractivity contribution in [1.29, 1.82) is 0 Å². The minimum atomic E-state index is 0.579. The number of rotatable bonds is 5. The molecule has 0 fully saturated rings. The van der Waals surface area contributed by atoms with Crippen molar-refractivity contribution in [3.05, 3.63) is 51.4 Å². The second-order valence-corrected chi connectivity index (χ2v) is 6.43. The minimum absolute atomic E-state index is 0.579. The number of thiophene rings is 1. The lowest BCUT2D eigenvalue weighted by atomic mass is 10.3. The first-order valence-electron chi connectivity index (χ1n) is 6.51. The molecule has 5 heteroatoms. The molecule has 20 heavy (non-hydrogen) atoms. The van der Waals surface area contributed by atoms with Crippen LogP contribution in [0.4, 0.5) is 0 Å². The van der Waals surface area contributed by atoms with Crippen LogP contribution in [0.25, 0.3) is 11.0 Å². The maximum absolute atomic E-state index is 6.11. The van der Waals surface area contributed by atoms with Gasteiger partial charge in [-0.15, -0.1) is 22.9 Å². The van der Waals surface area contributed by atoms with Gasteiger partial charge < -0.3 is 4.57 Å². The fraction of sp³-hybridized carbons (Fsp3) is 0.267. The van der Waals surface area contributed by atoms with Crippen LogP contribution in [0.5, 0.6) is 0 Å².